The number of halogens is 2. The van der Waals surface area contributed by atoms with E-state index in [-0.39, 0.29) is 0 Å². The molecular weight excluding hydrogens is 276 g/mol. The molecule has 1 heterocycles. The van der Waals surface area contributed by atoms with Crippen LogP contribution >= 0.6 is 0 Å². The Labute approximate surface area is 122 Å². The van der Waals surface area contributed by atoms with Gasteiger partial charge in [-0.1, -0.05) is 6.92 Å². The highest BCUT2D eigenvalue weighted by Crippen LogP contribution is 2.29. The molecule has 0 fully saturated rings. The molecule has 1 unspecified atom stereocenters. The van der Waals surface area contributed by atoms with Gasteiger partial charge in [-0.15, -0.1) is 0 Å². The fourth-order valence-electron chi connectivity index (χ4n) is 2.15. The van der Waals surface area contributed by atoms with E-state index in [1.807, 2.05) is 6.92 Å². The van der Waals surface area contributed by atoms with Crippen LogP contribution in [0.2, 0.25) is 0 Å². The predicted octanol–water partition coefficient (Wildman–Crippen LogP) is 2.77. The molecule has 0 aliphatic carbocycles. The van der Waals surface area contributed by atoms with Crippen LogP contribution in [0, 0.1) is 18.6 Å². The summed E-state index contributed by atoms with van der Waals surface area (Å²) < 4.78 is 32.8. The molecule has 0 spiro atoms. The van der Waals surface area contributed by atoms with Crippen molar-refractivity contribution in [2.24, 2.45) is 0 Å². The summed E-state index contributed by atoms with van der Waals surface area (Å²) in [5.41, 5.74) is 1.15. The molecule has 1 N–H and O–H groups in total. The summed E-state index contributed by atoms with van der Waals surface area (Å²) in [5.74, 6) is -0.890. The molecule has 0 saturated heterocycles. The van der Waals surface area contributed by atoms with Crippen LogP contribution in [-0.2, 0) is 0 Å². The van der Waals surface area contributed by atoms with Crippen molar-refractivity contribution in [1.29, 1.82) is 0 Å². The summed E-state index contributed by atoms with van der Waals surface area (Å²) in [6.07, 6.45) is 3.01. The Kier molecular flexibility index (Phi) is 4.80. The van der Waals surface area contributed by atoms with Crippen LogP contribution in [0.25, 0.3) is 0 Å². The topological polar surface area (TPSA) is 47.0 Å². The minimum atomic E-state index is -0.628. The zero-order valence-electron chi connectivity index (χ0n) is 12.2. The maximum absolute atomic E-state index is 14.2. The molecule has 0 radical (unpaired) electrons. The summed E-state index contributed by atoms with van der Waals surface area (Å²) in [7, 11) is 1.47. The number of benzene rings is 1. The molecule has 0 aliphatic rings. The van der Waals surface area contributed by atoms with Gasteiger partial charge >= 0.3 is 0 Å². The number of aromatic nitrogens is 2. The van der Waals surface area contributed by atoms with E-state index in [0.29, 0.717) is 29.2 Å². The fraction of sp³-hybridized carbons (Fsp3) is 0.333. The summed E-state index contributed by atoms with van der Waals surface area (Å²) in [6, 6.07) is 1.81. The minimum Gasteiger partial charge on any atom is -0.480 e. The zero-order valence-corrected chi connectivity index (χ0v) is 12.2. The number of rotatable bonds is 5. The van der Waals surface area contributed by atoms with Gasteiger partial charge in [-0.05, 0) is 25.1 Å². The van der Waals surface area contributed by atoms with Crippen LogP contribution in [0.15, 0.2) is 24.5 Å². The van der Waals surface area contributed by atoms with E-state index in [0.717, 1.165) is 6.07 Å². The van der Waals surface area contributed by atoms with Gasteiger partial charge in [0.1, 0.15) is 17.3 Å². The lowest BCUT2D eigenvalue weighted by Gasteiger charge is -2.20. The Balaban J connectivity index is 2.56. The minimum absolute atomic E-state index is 0.310. The van der Waals surface area contributed by atoms with E-state index in [9.17, 15) is 8.78 Å². The van der Waals surface area contributed by atoms with Gasteiger partial charge in [0.2, 0.25) is 5.88 Å². The average Bonchev–Trinajstić information content (AvgIpc) is 2.49. The highest BCUT2D eigenvalue weighted by molar-refractivity contribution is 5.36. The predicted molar refractivity (Wildman–Crippen MR) is 75.2 cm³/mol. The number of hydrogen-bond donors (Lipinski definition) is 1. The lowest BCUT2D eigenvalue weighted by Crippen LogP contribution is -2.25. The second-order valence-electron chi connectivity index (χ2n) is 4.56. The first-order chi connectivity index (χ1) is 10.1. The second kappa shape index (κ2) is 6.58. The standard InChI is InChI=1S/C15H17F2N3O/c1-4-18-13(14-15(21-3)20-6-5-19-14)10-7-9(2)11(16)8-12(10)17/h5-8,13,18H,4H2,1-3H3. The third kappa shape index (κ3) is 3.16. The molecule has 0 saturated carbocycles. The smallest absolute Gasteiger partial charge is 0.237 e. The summed E-state index contributed by atoms with van der Waals surface area (Å²) >= 11 is 0. The number of ether oxygens (including phenoxy) is 1. The van der Waals surface area contributed by atoms with Crippen molar-refractivity contribution >= 4 is 0 Å². The average molecular weight is 293 g/mol. The molecule has 2 rings (SSSR count). The van der Waals surface area contributed by atoms with Gasteiger partial charge in [-0.25, -0.2) is 13.8 Å². The molecule has 1 aromatic carbocycles. The summed E-state index contributed by atoms with van der Waals surface area (Å²) in [4.78, 5) is 8.30. The molecule has 0 aliphatic heterocycles. The van der Waals surface area contributed by atoms with Gasteiger partial charge in [0.25, 0.3) is 0 Å². The van der Waals surface area contributed by atoms with E-state index in [1.54, 1.807) is 6.92 Å². The number of aryl methyl sites for hydroxylation is 1. The van der Waals surface area contributed by atoms with Crippen molar-refractivity contribution in [3.63, 3.8) is 0 Å². The SMILES string of the molecule is CCNC(c1cc(C)c(F)cc1F)c1nccnc1OC. The van der Waals surface area contributed by atoms with Crippen molar-refractivity contribution < 1.29 is 13.5 Å². The van der Waals surface area contributed by atoms with Crippen molar-refractivity contribution in [1.82, 2.24) is 15.3 Å². The molecule has 1 aromatic heterocycles. The van der Waals surface area contributed by atoms with Crippen molar-refractivity contribution in [2.75, 3.05) is 13.7 Å². The van der Waals surface area contributed by atoms with Crippen molar-refractivity contribution in [3.05, 3.63) is 53.0 Å². The highest BCUT2D eigenvalue weighted by atomic mass is 19.1. The fourth-order valence-corrected chi connectivity index (χ4v) is 2.15. The molecule has 4 nitrogen and oxygen atoms in total. The Morgan fingerprint density at radius 3 is 2.57 bits per heavy atom. The normalized spacial score (nSPS) is 12.2. The summed E-state index contributed by atoms with van der Waals surface area (Å²) in [5, 5.41) is 3.13. The second-order valence-corrected chi connectivity index (χ2v) is 4.56. The molecular formula is C15H17F2N3O. The first-order valence-electron chi connectivity index (χ1n) is 6.62. The Morgan fingerprint density at radius 2 is 1.90 bits per heavy atom. The van der Waals surface area contributed by atoms with E-state index < -0.39 is 17.7 Å². The first kappa shape index (κ1) is 15.3. The van der Waals surface area contributed by atoms with Crippen LogP contribution in [0.3, 0.4) is 0 Å². The van der Waals surface area contributed by atoms with Gasteiger partial charge in [-0.2, -0.15) is 0 Å². The van der Waals surface area contributed by atoms with Crippen molar-refractivity contribution in [2.45, 2.75) is 19.9 Å². The Hall–Kier alpha value is -2.08. The van der Waals surface area contributed by atoms with E-state index >= 15 is 0 Å². The number of nitrogens with one attached hydrogen (secondary N) is 1. The lowest BCUT2D eigenvalue weighted by molar-refractivity contribution is 0.382. The van der Waals surface area contributed by atoms with Gasteiger partial charge in [-0.3, -0.25) is 4.98 Å². The quantitative estimate of drug-likeness (QED) is 0.921. The van der Waals surface area contributed by atoms with E-state index in [4.69, 9.17) is 4.74 Å². The van der Waals surface area contributed by atoms with Crippen LogP contribution in [0.1, 0.15) is 29.8 Å². The molecule has 1 atom stereocenters. The van der Waals surface area contributed by atoms with Crippen molar-refractivity contribution in [3.8, 4) is 5.88 Å². The molecule has 2 aromatic rings. The third-order valence-electron chi connectivity index (χ3n) is 3.16. The van der Waals surface area contributed by atoms with Crippen LogP contribution in [0.5, 0.6) is 5.88 Å². The van der Waals surface area contributed by atoms with Gasteiger partial charge in [0, 0.05) is 24.0 Å². The monoisotopic (exact) mass is 293 g/mol. The number of nitrogens with zero attached hydrogens (tertiary/aromatic N) is 2. The third-order valence-corrected chi connectivity index (χ3v) is 3.16. The van der Waals surface area contributed by atoms with E-state index in [1.165, 1.54) is 25.6 Å². The first-order valence-corrected chi connectivity index (χ1v) is 6.62. The van der Waals surface area contributed by atoms with Crippen LogP contribution < -0.4 is 10.1 Å². The largest absolute Gasteiger partial charge is 0.480 e. The number of methoxy groups -OCH3 is 1. The molecule has 112 valence electrons. The maximum atomic E-state index is 14.2. The number of hydrogen-bond acceptors (Lipinski definition) is 4. The molecule has 21 heavy (non-hydrogen) atoms. The lowest BCUT2D eigenvalue weighted by atomic mass is 10.00. The Bertz CT molecular complexity index is 634. The summed E-state index contributed by atoms with van der Waals surface area (Å²) in [6.45, 7) is 4.07. The maximum Gasteiger partial charge on any atom is 0.237 e. The van der Waals surface area contributed by atoms with E-state index in [2.05, 4.69) is 15.3 Å². The molecule has 6 heteroatoms. The Morgan fingerprint density at radius 1 is 1.19 bits per heavy atom. The van der Waals surface area contributed by atoms with Crippen LogP contribution in [-0.4, -0.2) is 23.6 Å². The van der Waals surface area contributed by atoms with Gasteiger partial charge < -0.3 is 10.1 Å². The highest BCUT2D eigenvalue weighted by Gasteiger charge is 2.23. The van der Waals surface area contributed by atoms with Gasteiger partial charge in [0.15, 0.2) is 0 Å². The molecule has 0 amide bonds. The molecule has 0 bridgehead atoms. The van der Waals surface area contributed by atoms with Gasteiger partial charge in [0.05, 0.1) is 13.2 Å². The zero-order chi connectivity index (χ0) is 15.4. The van der Waals surface area contributed by atoms with Crippen LogP contribution in [0.4, 0.5) is 8.78 Å².